The van der Waals surface area contributed by atoms with Crippen LogP contribution in [0.1, 0.15) is 5.82 Å². The van der Waals surface area contributed by atoms with Crippen LogP contribution in [0.15, 0.2) is 27.6 Å². The van der Waals surface area contributed by atoms with Crippen molar-refractivity contribution in [2.75, 3.05) is 0 Å². The Morgan fingerprint density at radius 2 is 2.19 bits per heavy atom. The Morgan fingerprint density at radius 1 is 1.38 bits per heavy atom. The Kier molecular flexibility index (Phi) is 1.97. The molecule has 1 aliphatic rings. The third-order valence-electron chi connectivity index (χ3n) is 2.20. The highest BCUT2D eigenvalue weighted by Crippen LogP contribution is 2.23. The molecule has 5 nitrogen and oxygen atoms in total. The van der Waals surface area contributed by atoms with E-state index in [9.17, 15) is 8.42 Å². The molecular weight excluding hydrogens is 270 g/mol. The van der Waals surface area contributed by atoms with E-state index in [1.807, 2.05) is 0 Å². The number of rotatable bonds is 1. The second kappa shape index (κ2) is 3.16. The zero-order valence-electron chi connectivity index (χ0n) is 7.66. The van der Waals surface area contributed by atoms with Crippen molar-refractivity contribution in [3.63, 3.8) is 0 Å². The van der Waals surface area contributed by atoms with Crippen LogP contribution in [0.3, 0.4) is 0 Å². The van der Waals surface area contributed by atoms with Crippen LogP contribution in [0.5, 0.6) is 0 Å². The molecule has 82 valence electrons. The highest BCUT2D eigenvalue weighted by Gasteiger charge is 2.15. The summed E-state index contributed by atoms with van der Waals surface area (Å²) < 4.78 is 28.1. The average Bonchev–Trinajstić information content (AvgIpc) is 2.74. The van der Waals surface area contributed by atoms with Gasteiger partial charge in [-0.05, 0) is 29.3 Å². The van der Waals surface area contributed by atoms with Crippen LogP contribution in [0.2, 0.25) is 0 Å². The number of nitrogens with zero attached hydrogens (tertiary/aromatic N) is 3. The van der Waals surface area contributed by atoms with Gasteiger partial charge in [0.2, 0.25) is 0 Å². The minimum absolute atomic E-state index is 0.0523. The summed E-state index contributed by atoms with van der Waals surface area (Å²) in [6, 6.07) is 4.52. The standard InChI is InChI=1S/C8H4ClN3O2S2/c9-16(13,14)5-1-2-6-7(3-5)12-8(10-6)4-15-11-12/h1-4H. The summed E-state index contributed by atoms with van der Waals surface area (Å²) in [4.78, 5) is 4.32. The molecule has 16 heavy (non-hydrogen) atoms. The van der Waals surface area contributed by atoms with Crippen LogP contribution in [0, 0.1) is 0 Å². The summed E-state index contributed by atoms with van der Waals surface area (Å²) in [7, 11) is 1.56. The van der Waals surface area contributed by atoms with Gasteiger partial charge in [0.25, 0.3) is 9.05 Å². The first-order valence-corrected chi connectivity index (χ1v) is 7.38. The largest absolute Gasteiger partial charge is 0.261 e. The lowest BCUT2D eigenvalue weighted by molar-refractivity contribution is 0.609. The first kappa shape index (κ1) is 10.0. The van der Waals surface area contributed by atoms with Gasteiger partial charge >= 0.3 is 0 Å². The van der Waals surface area contributed by atoms with Gasteiger partial charge in [-0.1, -0.05) is 0 Å². The molecule has 2 heterocycles. The predicted molar refractivity (Wildman–Crippen MR) is 63.1 cm³/mol. The fraction of sp³-hybridized carbons (Fsp3) is 0. The molecule has 1 aromatic carbocycles. The van der Waals surface area contributed by atoms with E-state index in [1.165, 1.54) is 23.3 Å². The van der Waals surface area contributed by atoms with Crippen molar-refractivity contribution in [1.82, 2.24) is 9.66 Å². The van der Waals surface area contributed by atoms with E-state index in [2.05, 4.69) is 9.46 Å². The molecule has 0 saturated heterocycles. The first-order valence-electron chi connectivity index (χ1n) is 4.23. The third-order valence-corrected chi connectivity index (χ3v) is 4.12. The normalized spacial score (nSPS) is 14.1. The highest BCUT2D eigenvalue weighted by atomic mass is 35.7. The molecule has 3 rings (SSSR count). The van der Waals surface area contributed by atoms with Crippen molar-refractivity contribution in [3.8, 4) is 0 Å². The van der Waals surface area contributed by atoms with Crippen molar-refractivity contribution in [3.05, 3.63) is 24.0 Å². The van der Waals surface area contributed by atoms with Crippen LogP contribution in [-0.4, -0.2) is 23.4 Å². The predicted octanol–water partition coefficient (Wildman–Crippen LogP) is 1.16. The van der Waals surface area contributed by atoms with Gasteiger partial charge in [0.1, 0.15) is 0 Å². The van der Waals surface area contributed by atoms with Gasteiger partial charge in [-0.25, -0.2) is 18.1 Å². The first-order chi connectivity index (χ1) is 7.55. The van der Waals surface area contributed by atoms with Crippen molar-refractivity contribution in [2.24, 2.45) is 4.47 Å². The summed E-state index contributed by atoms with van der Waals surface area (Å²) >= 11 is 1.26. The van der Waals surface area contributed by atoms with Crippen molar-refractivity contribution in [1.29, 1.82) is 0 Å². The van der Waals surface area contributed by atoms with Crippen molar-refractivity contribution >= 4 is 47.3 Å². The fourth-order valence-corrected chi connectivity index (χ4v) is 2.82. The second-order valence-corrected chi connectivity index (χ2v) is 6.35. The Morgan fingerprint density at radius 3 is 2.94 bits per heavy atom. The zero-order chi connectivity index (χ0) is 11.3. The van der Waals surface area contributed by atoms with E-state index in [0.29, 0.717) is 16.9 Å². The van der Waals surface area contributed by atoms with Gasteiger partial charge in [-0.3, -0.25) is 0 Å². The molecule has 0 bridgehead atoms. The second-order valence-electron chi connectivity index (χ2n) is 3.18. The van der Waals surface area contributed by atoms with Gasteiger partial charge in [-0.15, -0.1) is 4.47 Å². The molecule has 0 saturated carbocycles. The number of hydrogen-bond acceptors (Lipinski definition) is 4. The van der Waals surface area contributed by atoms with Gasteiger partial charge < -0.3 is 0 Å². The number of hydrogen-bond donors (Lipinski definition) is 0. The molecule has 0 spiro atoms. The Hall–Kier alpha value is -1.18. The van der Waals surface area contributed by atoms with Crippen LogP contribution in [0.4, 0.5) is 0 Å². The maximum absolute atomic E-state index is 11.2. The lowest BCUT2D eigenvalue weighted by Crippen LogP contribution is -1.92. The molecule has 0 atom stereocenters. The highest BCUT2D eigenvalue weighted by molar-refractivity contribution is 8.13. The topological polar surface area (TPSA) is 64.3 Å². The monoisotopic (exact) mass is 273 g/mol. The molecule has 0 fully saturated rings. The summed E-state index contributed by atoms with van der Waals surface area (Å²) in [5, 5.41) is 1.79. The van der Waals surface area contributed by atoms with Gasteiger partial charge in [0, 0.05) is 10.7 Å². The number of fused-ring (bicyclic) bond motifs is 3. The SMILES string of the molecule is O=S(=O)(Cl)c1ccc2nc3n(c2c1)N=S=C3. The number of benzene rings is 1. The molecular formula is C8H4ClN3O2S2. The fourth-order valence-electron chi connectivity index (χ4n) is 1.49. The maximum atomic E-state index is 11.2. The Labute approximate surface area is 98.8 Å². The lowest BCUT2D eigenvalue weighted by Gasteiger charge is -1.97. The van der Waals surface area contributed by atoms with E-state index in [4.69, 9.17) is 10.7 Å². The minimum Gasteiger partial charge on any atom is -0.226 e. The summed E-state index contributed by atoms with van der Waals surface area (Å²) in [6.45, 7) is 0. The minimum atomic E-state index is -3.72. The van der Waals surface area contributed by atoms with E-state index in [1.54, 1.807) is 16.1 Å². The van der Waals surface area contributed by atoms with Crippen LogP contribution < -0.4 is 0 Å². The third kappa shape index (κ3) is 1.40. The quantitative estimate of drug-likeness (QED) is 0.494. The summed E-state index contributed by atoms with van der Waals surface area (Å²) in [6.07, 6.45) is 0. The summed E-state index contributed by atoms with van der Waals surface area (Å²) in [5.74, 6) is 0.698. The maximum Gasteiger partial charge on any atom is 0.261 e. The smallest absolute Gasteiger partial charge is 0.226 e. The van der Waals surface area contributed by atoms with Gasteiger partial charge in [0.05, 0.1) is 21.3 Å². The van der Waals surface area contributed by atoms with Gasteiger partial charge in [0.15, 0.2) is 5.82 Å². The van der Waals surface area contributed by atoms with E-state index < -0.39 is 9.05 Å². The Bertz CT molecular complexity index is 772. The zero-order valence-corrected chi connectivity index (χ0v) is 10.1. The van der Waals surface area contributed by atoms with Crippen LogP contribution in [-0.2, 0) is 20.2 Å². The molecule has 0 amide bonds. The number of aromatic nitrogens is 2. The molecule has 0 radical (unpaired) electrons. The molecule has 0 aliphatic carbocycles. The number of imidazole rings is 1. The molecule has 1 aliphatic heterocycles. The lowest BCUT2D eigenvalue weighted by atomic mass is 10.3. The van der Waals surface area contributed by atoms with Gasteiger partial charge in [-0.2, -0.15) is 0 Å². The van der Waals surface area contributed by atoms with E-state index in [-0.39, 0.29) is 4.90 Å². The summed E-state index contributed by atoms with van der Waals surface area (Å²) in [5.41, 5.74) is 1.33. The Balaban J connectivity index is 2.37. The number of halogens is 1. The molecule has 2 aromatic rings. The van der Waals surface area contributed by atoms with E-state index >= 15 is 0 Å². The molecule has 0 unspecified atom stereocenters. The molecule has 1 aromatic heterocycles. The average molecular weight is 274 g/mol. The molecule has 0 N–H and O–H groups in total. The van der Waals surface area contributed by atoms with Crippen LogP contribution >= 0.6 is 10.7 Å². The van der Waals surface area contributed by atoms with Crippen molar-refractivity contribution < 1.29 is 8.42 Å². The van der Waals surface area contributed by atoms with E-state index in [0.717, 1.165) is 0 Å². The van der Waals surface area contributed by atoms with Crippen molar-refractivity contribution in [2.45, 2.75) is 4.90 Å². The molecule has 8 heteroatoms. The van der Waals surface area contributed by atoms with Crippen LogP contribution in [0.25, 0.3) is 11.0 Å².